The first-order valence-corrected chi connectivity index (χ1v) is 6.16. The lowest BCUT2D eigenvalue weighted by Gasteiger charge is -2.09. The van der Waals surface area contributed by atoms with E-state index in [2.05, 4.69) is 9.97 Å². The normalized spacial score (nSPS) is 10.8. The van der Waals surface area contributed by atoms with Crippen LogP contribution in [0.5, 0.6) is 5.75 Å². The van der Waals surface area contributed by atoms with E-state index in [1.807, 2.05) is 19.0 Å². The second kappa shape index (κ2) is 5.75. The number of rotatable bonds is 5. The van der Waals surface area contributed by atoms with Gasteiger partial charge in [-0.25, -0.2) is 4.79 Å². The standard InChI is InChI=1S/C14H17N3O3/c1-17(2)8-11-12(16-14(19)15-11)13(18)9-4-6-10(20-3)7-5-9/h4-7H,8H2,1-3H3,(H2,15,16,19). The highest BCUT2D eigenvalue weighted by Gasteiger charge is 2.17. The predicted molar refractivity (Wildman–Crippen MR) is 75.2 cm³/mol. The molecule has 0 bridgehead atoms. The number of carbonyl (C=O) groups excluding carboxylic acids is 1. The van der Waals surface area contributed by atoms with Gasteiger partial charge in [0.1, 0.15) is 11.4 Å². The van der Waals surface area contributed by atoms with Gasteiger partial charge < -0.3 is 19.6 Å². The number of benzene rings is 1. The van der Waals surface area contributed by atoms with E-state index in [9.17, 15) is 9.59 Å². The fraction of sp³-hybridized carbons (Fsp3) is 0.286. The van der Waals surface area contributed by atoms with Gasteiger partial charge in [0.25, 0.3) is 0 Å². The SMILES string of the molecule is COc1ccc(C(=O)c2[nH]c(=O)[nH]c2CN(C)C)cc1. The Morgan fingerprint density at radius 1 is 1.20 bits per heavy atom. The minimum Gasteiger partial charge on any atom is -0.497 e. The maximum atomic E-state index is 12.4. The van der Waals surface area contributed by atoms with Crippen LogP contribution in [0.3, 0.4) is 0 Å². The largest absolute Gasteiger partial charge is 0.497 e. The Balaban J connectivity index is 2.34. The van der Waals surface area contributed by atoms with E-state index in [-0.39, 0.29) is 11.5 Å². The van der Waals surface area contributed by atoms with Gasteiger partial charge in [0, 0.05) is 12.1 Å². The van der Waals surface area contributed by atoms with Gasteiger partial charge in [-0.2, -0.15) is 0 Å². The molecule has 0 aliphatic heterocycles. The van der Waals surface area contributed by atoms with Crippen molar-refractivity contribution in [1.29, 1.82) is 0 Å². The van der Waals surface area contributed by atoms with Crippen molar-refractivity contribution >= 4 is 5.78 Å². The number of carbonyl (C=O) groups is 1. The molecule has 0 aliphatic rings. The zero-order chi connectivity index (χ0) is 14.7. The maximum absolute atomic E-state index is 12.4. The molecule has 1 heterocycles. The van der Waals surface area contributed by atoms with Crippen LogP contribution in [0, 0.1) is 0 Å². The summed E-state index contributed by atoms with van der Waals surface area (Å²) in [5.74, 6) is 0.459. The van der Waals surface area contributed by atoms with E-state index in [1.54, 1.807) is 31.4 Å². The van der Waals surface area contributed by atoms with Crippen molar-refractivity contribution in [3.8, 4) is 5.75 Å². The van der Waals surface area contributed by atoms with Gasteiger partial charge in [-0.1, -0.05) is 0 Å². The van der Waals surface area contributed by atoms with Crippen LogP contribution in [-0.2, 0) is 6.54 Å². The molecule has 2 aromatic rings. The van der Waals surface area contributed by atoms with E-state index in [0.717, 1.165) is 0 Å². The molecule has 0 radical (unpaired) electrons. The molecule has 0 saturated carbocycles. The summed E-state index contributed by atoms with van der Waals surface area (Å²) in [4.78, 5) is 30.9. The zero-order valence-electron chi connectivity index (χ0n) is 11.7. The molecule has 0 atom stereocenters. The van der Waals surface area contributed by atoms with Crippen LogP contribution in [0.25, 0.3) is 0 Å². The molecule has 1 aromatic carbocycles. The first-order valence-electron chi connectivity index (χ1n) is 6.16. The second-order valence-corrected chi connectivity index (χ2v) is 4.73. The van der Waals surface area contributed by atoms with Gasteiger partial charge >= 0.3 is 5.69 Å². The van der Waals surface area contributed by atoms with Crippen molar-refractivity contribution < 1.29 is 9.53 Å². The topological polar surface area (TPSA) is 78.2 Å². The van der Waals surface area contributed by atoms with E-state index in [4.69, 9.17) is 4.74 Å². The molecule has 6 nitrogen and oxygen atoms in total. The fourth-order valence-electron chi connectivity index (χ4n) is 1.94. The lowest BCUT2D eigenvalue weighted by Crippen LogP contribution is -2.14. The molecule has 1 aromatic heterocycles. The van der Waals surface area contributed by atoms with Gasteiger partial charge in [0.2, 0.25) is 5.78 Å². The van der Waals surface area contributed by atoms with Crippen LogP contribution in [-0.4, -0.2) is 41.9 Å². The van der Waals surface area contributed by atoms with Crippen molar-refractivity contribution in [1.82, 2.24) is 14.9 Å². The Morgan fingerprint density at radius 2 is 1.85 bits per heavy atom. The Hall–Kier alpha value is -2.34. The van der Waals surface area contributed by atoms with E-state index < -0.39 is 0 Å². The Morgan fingerprint density at radius 3 is 2.40 bits per heavy atom. The molecule has 0 spiro atoms. The van der Waals surface area contributed by atoms with Crippen molar-refractivity contribution in [2.75, 3.05) is 21.2 Å². The monoisotopic (exact) mass is 275 g/mol. The molecule has 2 rings (SSSR count). The number of ketones is 1. The number of hydrogen-bond donors (Lipinski definition) is 2. The molecule has 0 fully saturated rings. The van der Waals surface area contributed by atoms with E-state index in [0.29, 0.717) is 29.2 Å². The summed E-state index contributed by atoms with van der Waals surface area (Å²) in [6.07, 6.45) is 0. The van der Waals surface area contributed by atoms with E-state index >= 15 is 0 Å². The Kier molecular flexibility index (Phi) is 4.05. The van der Waals surface area contributed by atoms with Gasteiger partial charge in [-0.3, -0.25) is 4.79 Å². The molecular weight excluding hydrogens is 258 g/mol. The summed E-state index contributed by atoms with van der Waals surface area (Å²) in [5, 5.41) is 0. The number of aromatic amines is 2. The summed E-state index contributed by atoms with van der Waals surface area (Å²) >= 11 is 0. The predicted octanol–water partition coefficient (Wildman–Crippen LogP) is 1.00. The quantitative estimate of drug-likeness (QED) is 0.798. The fourth-order valence-corrected chi connectivity index (χ4v) is 1.94. The number of nitrogens with zero attached hydrogens (tertiary/aromatic N) is 1. The van der Waals surface area contributed by atoms with E-state index in [1.165, 1.54) is 0 Å². The highest BCUT2D eigenvalue weighted by molar-refractivity contribution is 6.08. The smallest absolute Gasteiger partial charge is 0.323 e. The molecule has 0 aliphatic carbocycles. The number of ether oxygens (including phenoxy) is 1. The lowest BCUT2D eigenvalue weighted by atomic mass is 10.1. The third kappa shape index (κ3) is 2.97. The molecule has 0 saturated heterocycles. The Labute approximate surface area is 116 Å². The average Bonchev–Trinajstić information content (AvgIpc) is 2.78. The second-order valence-electron chi connectivity index (χ2n) is 4.73. The van der Waals surface area contributed by atoms with Gasteiger partial charge in [-0.15, -0.1) is 0 Å². The third-order valence-electron chi connectivity index (χ3n) is 2.86. The molecule has 6 heteroatoms. The van der Waals surface area contributed by atoms with Crippen LogP contribution in [0.2, 0.25) is 0 Å². The number of methoxy groups -OCH3 is 1. The zero-order valence-corrected chi connectivity index (χ0v) is 11.7. The molecule has 2 N–H and O–H groups in total. The number of aromatic nitrogens is 2. The number of H-pyrrole nitrogens is 2. The Bertz CT molecular complexity index is 653. The summed E-state index contributed by atoms with van der Waals surface area (Å²) in [6.45, 7) is 0.482. The average molecular weight is 275 g/mol. The van der Waals surface area contributed by atoms with Crippen molar-refractivity contribution in [3.05, 3.63) is 51.7 Å². The van der Waals surface area contributed by atoms with Crippen molar-refractivity contribution in [2.24, 2.45) is 0 Å². The highest BCUT2D eigenvalue weighted by Crippen LogP contribution is 2.15. The molecule has 0 unspecified atom stereocenters. The molecule has 20 heavy (non-hydrogen) atoms. The van der Waals surface area contributed by atoms with Crippen molar-refractivity contribution in [3.63, 3.8) is 0 Å². The van der Waals surface area contributed by atoms with Gasteiger partial charge in [-0.05, 0) is 38.4 Å². The van der Waals surface area contributed by atoms with Crippen LogP contribution in [0.15, 0.2) is 29.1 Å². The highest BCUT2D eigenvalue weighted by atomic mass is 16.5. The summed E-state index contributed by atoms with van der Waals surface area (Å²) in [7, 11) is 5.30. The maximum Gasteiger partial charge on any atom is 0.323 e. The minimum absolute atomic E-state index is 0.220. The summed E-state index contributed by atoms with van der Waals surface area (Å²) in [5.41, 5.74) is 1.01. The summed E-state index contributed by atoms with van der Waals surface area (Å²) < 4.78 is 5.05. The van der Waals surface area contributed by atoms with Gasteiger partial charge in [0.05, 0.1) is 12.8 Å². The van der Waals surface area contributed by atoms with Crippen LogP contribution >= 0.6 is 0 Å². The number of hydrogen-bond acceptors (Lipinski definition) is 4. The first kappa shape index (κ1) is 14.1. The lowest BCUT2D eigenvalue weighted by molar-refractivity contribution is 0.103. The molecule has 106 valence electrons. The van der Waals surface area contributed by atoms with Crippen LogP contribution in [0.1, 0.15) is 21.7 Å². The van der Waals surface area contributed by atoms with Crippen molar-refractivity contribution in [2.45, 2.75) is 6.54 Å². The number of nitrogens with one attached hydrogen (secondary N) is 2. The first-order chi connectivity index (χ1) is 9.51. The number of imidazole rings is 1. The van der Waals surface area contributed by atoms with Crippen LogP contribution in [0.4, 0.5) is 0 Å². The van der Waals surface area contributed by atoms with Gasteiger partial charge in [0.15, 0.2) is 0 Å². The molecule has 0 amide bonds. The van der Waals surface area contributed by atoms with Crippen LogP contribution < -0.4 is 10.4 Å². The molecular formula is C14H17N3O3. The third-order valence-corrected chi connectivity index (χ3v) is 2.86. The summed E-state index contributed by atoms with van der Waals surface area (Å²) in [6, 6.07) is 6.77. The minimum atomic E-state index is -0.376.